The SMILES string of the molecule is CC1(C)OCC(C2CC(C=O)C2)O1. The van der Waals surface area contributed by atoms with E-state index in [4.69, 9.17) is 9.47 Å². The molecule has 0 aromatic rings. The predicted molar refractivity (Wildman–Crippen MR) is 47.2 cm³/mol. The summed E-state index contributed by atoms with van der Waals surface area (Å²) in [5, 5.41) is 0. The summed E-state index contributed by atoms with van der Waals surface area (Å²) >= 11 is 0. The summed E-state index contributed by atoms with van der Waals surface area (Å²) in [4.78, 5) is 10.4. The lowest BCUT2D eigenvalue weighted by atomic mass is 9.73. The number of aldehydes is 1. The summed E-state index contributed by atoms with van der Waals surface area (Å²) in [6, 6.07) is 0. The molecule has 0 bridgehead atoms. The lowest BCUT2D eigenvalue weighted by Gasteiger charge is -2.35. The zero-order valence-electron chi connectivity index (χ0n) is 8.16. The van der Waals surface area contributed by atoms with Crippen LogP contribution in [0.4, 0.5) is 0 Å². The lowest BCUT2D eigenvalue weighted by molar-refractivity contribution is -0.151. The van der Waals surface area contributed by atoms with Crippen molar-refractivity contribution in [3.8, 4) is 0 Å². The topological polar surface area (TPSA) is 35.5 Å². The second-order valence-corrected chi connectivity index (χ2v) is 4.49. The molecular formula is C10H16O3. The standard InChI is InChI=1S/C10H16O3/c1-10(2)12-6-9(13-10)8-3-7(4-8)5-11/h5,7-9H,3-4,6H2,1-2H3. The fourth-order valence-corrected chi connectivity index (χ4v) is 2.07. The van der Waals surface area contributed by atoms with E-state index in [1.807, 2.05) is 13.8 Å². The van der Waals surface area contributed by atoms with Gasteiger partial charge in [0.25, 0.3) is 0 Å². The smallest absolute Gasteiger partial charge is 0.163 e. The summed E-state index contributed by atoms with van der Waals surface area (Å²) in [6.45, 7) is 4.55. The van der Waals surface area contributed by atoms with Crippen molar-refractivity contribution >= 4 is 6.29 Å². The molecule has 1 unspecified atom stereocenters. The van der Waals surface area contributed by atoms with E-state index in [1.54, 1.807) is 0 Å². The molecule has 0 amide bonds. The minimum absolute atomic E-state index is 0.214. The normalized spacial score (nSPS) is 42.8. The number of hydrogen-bond donors (Lipinski definition) is 0. The summed E-state index contributed by atoms with van der Waals surface area (Å²) in [5.41, 5.74) is 0. The summed E-state index contributed by atoms with van der Waals surface area (Å²) < 4.78 is 11.2. The van der Waals surface area contributed by atoms with Gasteiger partial charge in [0.1, 0.15) is 6.29 Å². The molecular weight excluding hydrogens is 168 g/mol. The molecule has 74 valence electrons. The first-order valence-electron chi connectivity index (χ1n) is 4.88. The van der Waals surface area contributed by atoms with Crippen molar-refractivity contribution in [2.24, 2.45) is 11.8 Å². The highest BCUT2D eigenvalue weighted by Gasteiger charge is 2.42. The van der Waals surface area contributed by atoms with Gasteiger partial charge in [-0.05, 0) is 32.6 Å². The van der Waals surface area contributed by atoms with Crippen molar-refractivity contribution in [2.75, 3.05) is 6.61 Å². The molecule has 1 saturated heterocycles. The average molecular weight is 184 g/mol. The Hall–Kier alpha value is -0.410. The Balaban J connectivity index is 1.82. The number of carbonyl (C=O) groups is 1. The van der Waals surface area contributed by atoms with Crippen LogP contribution in [0, 0.1) is 11.8 Å². The first-order valence-corrected chi connectivity index (χ1v) is 4.88. The minimum atomic E-state index is -0.420. The first-order chi connectivity index (χ1) is 6.11. The fourth-order valence-electron chi connectivity index (χ4n) is 2.07. The van der Waals surface area contributed by atoms with Gasteiger partial charge in [-0.15, -0.1) is 0 Å². The van der Waals surface area contributed by atoms with Crippen LogP contribution in [-0.2, 0) is 14.3 Å². The van der Waals surface area contributed by atoms with Gasteiger partial charge in [0.15, 0.2) is 5.79 Å². The monoisotopic (exact) mass is 184 g/mol. The van der Waals surface area contributed by atoms with Gasteiger partial charge in [0.2, 0.25) is 0 Å². The van der Waals surface area contributed by atoms with E-state index in [9.17, 15) is 4.79 Å². The third-order valence-corrected chi connectivity index (χ3v) is 2.96. The molecule has 0 aromatic heterocycles. The zero-order chi connectivity index (χ0) is 9.47. The van der Waals surface area contributed by atoms with Gasteiger partial charge in [-0.25, -0.2) is 0 Å². The molecule has 1 heterocycles. The Labute approximate surface area is 78.4 Å². The molecule has 1 atom stereocenters. The van der Waals surface area contributed by atoms with Gasteiger partial charge in [0.05, 0.1) is 12.7 Å². The van der Waals surface area contributed by atoms with Crippen LogP contribution >= 0.6 is 0 Å². The largest absolute Gasteiger partial charge is 0.348 e. The third-order valence-electron chi connectivity index (χ3n) is 2.96. The van der Waals surface area contributed by atoms with Gasteiger partial charge < -0.3 is 14.3 Å². The van der Waals surface area contributed by atoms with Gasteiger partial charge in [-0.1, -0.05) is 0 Å². The molecule has 2 aliphatic rings. The van der Waals surface area contributed by atoms with E-state index >= 15 is 0 Å². The Bertz CT molecular complexity index is 206. The second-order valence-electron chi connectivity index (χ2n) is 4.49. The number of hydrogen-bond acceptors (Lipinski definition) is 3. The highest BCUT2D eigenvalue weighted by molar-refractivity contribution is 5.55. The van der Waals surface area contributed by atoms with E-state index in [-0.39, 0.29) is 12.0 Å². The maximum absolute atomic E-state index is 10.4. The van der Waals surface area contributed by atoms with Gasteiger partial charge in [-0.3, -0.25) is 0 Å². The molecule has 13 heavy (non-hydrogen) atoms. The van der Waals surface area contributed by atoms with E-state index in [1.165, 1.54) is 0 Å². The van der Waals surface area contributed by atoms with E-state index in [0.717, 1.165) is 19.1 Å². The van der Waals surface area contributed by atoms with Crippen LogP contribution in [0.1, 0.15) is 26.7 Å². The highest BCUT2D eigenvalue weighted by atomic mass is 16.7. The van der Waals surface area contributed by atoms with Crippen LogP contribution in [0.2, 0.25) is 0 Å². The fraction of sp³-hybridized carbons (Fsp3) is 0.900. The lowest BCUT2D eigenvalue weighted by Crippen LogP contribution is -2.36. The number of rotatable bonds is 2. The van der Waals surface area contributed by atoms with Crippen LogP contribution in [0.3, 0.4) is 0 Å². The quantitative estimate of drug-likeness (QED) is 0.608. The third kappa shape index (κ3) is 1.76. The Morgan fingerprint density at radius 3 is 2.54 bits per heavy atom. The number of carbonyl (C=O) groups excluding carboxylic acids is 1. The van der Waals surface area contributed by atoms with Crippen LogP contribution in [-0.4, -0.2) is 24.8 Å². The van der Waals surface area contributed by atoms with Crippen molar-refractivity contribution in [1.29, 1.82) is 0 Å². The van der Waals surface area contributed by atoms with E-state index in [2.05, 4.69) is 0 Å². The van der Waals surface area contributed by atoms with Crippen molar-refractivity contribution in [3.05, 3.63) is 0 Å². The second kappa shape index (κ2) is 3.07. The average Bonchev–Trinajstić information content (AvgIpc) is 2.28. The van der Waals surface area contributed by atoms with Gasteiger partial charge in [-0.2, -0.15) is 0 Å². The Morgan fingerprint density at radius 1 is 1.38 bits per heavy atom. The molecule has 2 rings (SSSR count). The number of ether oxygens (including phenoxy) is 2. The van der Waals surface area contributed by atoms with Gasteiger partial charge >= 0.3 is 0 Å². The molecule has 1 aliphatic carbocycles. The Kier molecular flexibility index (Phi) is 2.16. The molecule has 0 spiro atoms. The van der Waals surface area contributed by atoms with Crippen molar-refractivity contribution < 1.29 is 14.3 Å². The minimum Gasteiger partial charge on any atom is -0.348 e. The van der Waals surface area contributed by atoms with Crippen LogP contribution in [0.25, 0.3) is 0 Å². The van der Waals surface area contributed by atoms with Gasteiger partial charge in [0, 0.05) is 5.92 Å². The maximum Gasteiger partial charge on any atom is 0.163 e. The molecule has 1 aliphatic heterocycles. The maximum atomic E-state index is 10.4. The van der Waals surface area contributed by atoms with Crippen molar-refractivity contribution in [2.45, 2.75) is 38.6 Å². The molecule has 2 fully saturated rings. The highest BCUT2D eigenvalue weighted by Crippen LogP contribution is 2.40. The molecule has 0 N–H and O–H groups in total. The zero-order valence-corrected chi connectivity index (χ0v) is 8.16. The van der Waals surface area contributed by atoms with Crippen LogP contribution < -0.4 is 0 Å². The van der Waals surface area contributed by atoms with E-state index in [0.29, 0.717) is 12.5 Å². The summed E-state index contributed by atoms with van der Waals surface area (Å²) in [5.74, 6) is 0.394. The van der Waals surface area contributed by atoms with E-state index < -0.39 is 5.79 Å². The summed E-state index contributed by atoms with van der Waals surface area (Å²) in [7, 11) is 0. The predicted octanol–water partition coefficient (Wildman–Crippen LogP) is 1.36. The molecule has 0 aromatic carbocycles. The molecule has 1 saturated carbocycles. The first kappa shape index (κ1) is 9.16. The summed E-state index contributed by atoms with van der Waals surface area (Å²) in [6.07, 6.45) is 3.23. The Morgan fingerprint density at radius 2 is 2.08 bits per heavy atom. The van der Waals surface area contributed by atoms with Crippen molar-refractivity contribution in [3.63, 3.8) is 0 Å². The van der Waals surface area contributed by atoms with Crippen LogP contribution in [0.5, 0.6) is 0 Å². The van der Waals surface area contributed by atoms with Crippen molar-refractivity contribution in [1.82, 2.24) is 0 Å². The molecule has 3 heteroatoms. The van der Waals surface area contributed by atoms with Crippen LogP contribution in [0.15, 0.2) is 0 Å². The molecule has 0 radical (unpaired) electrons. The molecule has 3 nitrogen and oxygen atoms in total.